The van der Waals surface area contributed by atoms with E-state index in [9.17, 15) is 0 Å². The lowest BCUT2D eigenvalue weighted by atomic mass is 9.42. The first kappa shape index (κ1) is 32.8. The van der Waals surface area contributed by atoms with Crippen molar-refractivity contribution in [1.29, 1.82) is 0 Å². The number of rotatable bonds is 5. The zero-order chi connectivity index (χ0) is 37.0. The van der Waals surface area contributed by atoms with E-state index < -0.39 is 0 Å². The van der Waals surface area contributed by atoms with Crippen LogP contribution in [0.4, 0.5) is 17.1 Å². The topological polar surface area (TPSA) is 3.24 Å². The van der Waals surface area contributed by atoms with Crippen LogP contribution in [0.25, 0.3) is 42.9 Å². The molecule has 1 spiro atoms. The van der Waals surface area contributed by atoms with Crippen LogP contribution in [-0.4, -0.2) is 0 Å². The Labute approximate surface area is 334 Å². The van der Waals surface area contributed by atoms with Gasteiger partial charge in [-0.15, -0.1) is 11.3 Å². The van der Waals surface area contributed by atoms with Crippen LogP contribution in [0.3, 0.4) is 0 Å². The molecule has 0 unspecified atom stereocenters. The summed E-state index contributed by atoms with van der Waals surface area (Å²) < 4.78 is 2.64. The SMILES string of the molecule is Cc1cc(N(c2cccc(-c3ccccc3)c2)c2cccc3c2sc2ccccc23)ccc1/C=C1/C=CC2=C(C1)C1(c3ccccc32)C2CC3CC(C2)CC1C3. The number of allylic oxidation sites excluding steroid dienone is 5. The number of hydrogen-bond acceptors (Lipinski definition) is 2. The van der Waals surface area contributed by atoms with E-state index in [2.05, 4.69) is 170 Å². The highest BCUT2D eigenvalue weighted by Gasteiger charge is 2.62. The molecule has 1 heterocycles. The van der Waals surface area contributed by atoms with Gasteiger partial charge in [0.05, 0.1) is 10.4 Å². The van der Waals surface area contributed by atoms with E-state index in [0.29, 0.717) is 0 Å². The van der Waals surface area contributed by atoms with E-state index >= 15 is 0 Å². The summed E-state index contributed by atoms with van der Waals surface area (Å²) in [6, 6.07) is 52.1. The van der Waals surface area contributed by atoms with Crippen molar-refractivity contribution in [2.24, 2.45) is 23.7 Å². The van der Waals surface area contributed by atoms with Crippen molar-refractivity contribution in [3.8, 4) is 11.1 Å². The predicted molar refractivity (Wildman–Crippen MR) is 238 cm³/mol. The molecule has 1 nitrogen and oxygen atoms in total. The van der Waals surface area contributed by atoms with Gasteiger partial charge in [-0.25, -0.2) is 0 Å². The van der Waals surface area contributed by atoms with Crippen molar-refractivity contribution in [2.75, 3.05) is 4.90 Å². The van der Waals surface area contributed by atoms with Crippen LogP contribution >= 0.6 is 11.3 Å². The minimum atomic E-state index is 0.241. The molecular weight excluding hydrogens is 695 g/mol. The monoisotopic (exact) mass is 739 g/mol. The third-order valence-electron chi connectivity index (χ3n) is 14.4. The van der Waals surface area contributed by atoms with Crippen molar-refractivity contribution in [3.63, 3.8) is 0 Å². The smallest absolute Gasteiger partial charge is 0.0640 e. The number of anilines is 3. The fourth-order valence-corrected chi connectivity index (χ4v) is 13.6. The number of nitrogens with zero attached hydrogens (tertiary/aromatic N) is 1. The van der Waals surface area contributed by atoms with E-state index in [1.165, 1.54) is 103 Å². The molecule has 0 saturated heterocycles. The van der Waals surface area contributed by atoms with Crippen molar-refractivity contribution < 1.29 is 0 Å². The van der Waals surface area contributed by atoms with Crippen LogP contribution in [0, 0.1) is 30.6 Å². The molecular formula is C54H45NS. The summed E-state index contributed by atoms with van der Waals surface area (Å²) in [7, 11) is 0. The van der Waals surface area contributed by atoms with Gasteiger partial charge in [0.1, 0.15) is 0 Å². The highest BCUT2D eigenvalue weighted by Crippen LogP contribution is 2.70. The highest BCUT2D eigenvalue weighted by atomic mass is 32.1. The molecule has 4 fully saturated rings. The third-order valence-corrected chi connectivity index (χ3v) is 15.7. The minimum absolute atomic E-state index is 0.241. The van der Waals surface area contributed by atoms with Gasteiger partial charge in [-0.1, -0.05) is 121 Å². The van der Waals surface area contributed by atoms with Gasteiger partial charge in [0.25, 0.3) is 0 Å². The van der Waals surface area contributed by atoms with Gasteiger partial charge in [0.2, 0.25) is 0 Å². The quantitative estimate of drug-likeness (QED) is 0.170. The van der Waals surface area contributed by atoms with Crippen LogP contribution in [0.5, 0.6) is 0 Å². The summed E-state index contributed by atoms with van der Waals surface area (Å²) in [5.74, 6) is 3.53. The van der Waals surface area contributed by atoms with Gasteiger partial charge in [0.15, 0.2) is 0 Å². The van der Waals surface area contributed by atoms with Crippen molar-refractivity contribution in [2.45, 2.75) is 50.9 Å². The first-order valence-electron chi connectivity index (χ1n) is 20.8. The predicted octanol–water partition coefficient (Wildman–Crippen LogP) is 15.0. The largest absolute Gasteiger partial charge is 0.309 e. The fourth-order valence-electron chi connectivity index (χ4n) is 12.4. The molecule has 7 aromatic rings. The zero-order valence-corrected chi connectivity index (χ0v) is 32.7. The molecule has 0 radical (unpaired) electrons. The highest BCUT2D eigenvalue weighted by molar-refractivity contribution is 7.26. The molecule has 6 aliphatic carbocycles. The van der Waals surface area contributed by atoms with E-state index in [-0.39, 0.29) is 5.41 Å². The second-order valence-corrected chi connectivity index (χ2v) is 18.4. The number of benzene rings is 6. The molecule has 13 rings (SSSR count). The summed E-state index contributed by atoms with van der Waals surface area (Å²) in [5.41, 5.74) is 16.8. The Morgan fingerprint density at radius 2 is 1.34 bits per heavy atom. The van der Waals surface area contributed by atoms with Crippen LogP contribution in [0.2, 0.25) is 0 Å². The Bertz CT molecular complexity index is 2780. The minimum Gasteiger partial charge on any atom is -0.309 e. The molecule has 56 heavy (non-hydrogen) atoms. The number of thiophene rings is 1. The lowest BCUT2D eigenvalue weighted by Gasteiger charge is -2.62. The molecule has 6 aromatic carbocycles. The van der Waals surface area contributed by atoms with Gasteiger partial charge < -0.3 is 4.90 Å². The maximum Gasteiger partial charge on any atom is 0.0640 e. The molecule has 0 aliphatic heterocycles. The number of fused-ring (bicyclic) bond motifs is 5. The van der Waals surface area contributed by atoms with E-state index in [1.807, 2.05) is 11.3 Å². The standard InChI is InChI=1S/C54H45NS/c1-34-25-44(55(43-14-9-13-40(33-43)38-11-3-2-4-12-38)51-19-10-17-48-47-16-6-8-20-52(47)56-53(48)51)23-22-39(34)27-35-21-24-46-45-15-5-7-18-49(45)54(50(46)32-35)41-28-36-26-37(30-41)31-42(54)29-36/h2-25,27,33,36-37,41-42H,26,28-32H2,1H3/b35-27-. The summed E-state index contributed by atoms with van der Waals surface area (Å²) in [4.78, 5) is 2.48. The lowest BCUT2D eigenvalue weighted by molar-refractivity contribution is -0.0429. The van der Waals surface area contributed by atoms with Crippen LogP contribution in [-0.2, 0) is 5.41 Å². The fraction of sp³-hybridized carbons (Fsp3) is 0.222. The second kappa shape index (κ2) is 12.5. The molecule has 6 aliphatic rings. The van der Waals surface area contributed by atoms with Gasteiger partial charge in [0, 0.05) is 32.3 Å². The molecule has 1 aromatic heterocycles. The van der Waals surface area contributed by atoms with Gasteiger partial charge in [-0.05, 0) is 156 Å². The second-order valence-electron chi connectivity index (χ2n) is 17.4. The third kappa shape index (κ3) is 4.85. The van der Waals surface area contributed by atoms with E-state index in [1.54, 1.807) is 16.7 Å². The van der Waals surface area contributed by atoms with Gasteiger partial charge in [-0.3, -0.25) is 0 Å². The van der Waals surface area contributed by atoms with E-state index in [0.717, 1.165) is 30.1 Å². The number of aryl methyl sites for hydroxylation is 1. The average molecular weight is 740 g/mol. The first-order valence-corrected chi connectivity index (χ1v) is 21.6. The molecule has 0 amide bonds. The first-order chi connectivity index (χ1) is 27.6. The van der Waals surface area contributed by atoms with Crippen molar-refractivity contribution in [3.05, 3.63) is 185 Å². The van der Waals surface area contributed by atoms with Crippen molar-refractivity contribution in [1.82, 2.24) is 0 Å². The molecule has 4 saturated carbocycles. The molecule has 2 heteroatoms. The number of hydrogen-bond donors (Lipinski definition) is 0. The Hall–Kier alpha value is -5.44. The van der Waals surface area contributed by atoms with Gasteiger partial charge >= 0.3 is 0 Å². The summed E-state index contributed by atoms with van der Waals surface area (Å²) in [6.45, 7) is 2.30. The maximum atomic E-state index is 2.51. The van der Waals surface area contributed by atoms with Crippen molar-refractivity contribution >= 4 is 60.2 Å². The Morgan fingerprint density at radius 3 is 2.18 bits per heavy atom. The van der Waals surface area contributed by atoms with Crippen LogP contribution < -0.4 is 4.90 Å². The average Bonchev–Trinajstić information content (AvgIpc) is 3.75. The lowest BCUT2D eigenvalue weighted by Crippen LogP contribution is -2.55. The summed E-state index contributed by atoms with van der Waals surface area (Å²) in [5, 5.41) is 2.64. The summed E-state index contributed by atoms with van der Waals surface area (Å²) >= 11 is 1.89. The Balaban J connectivity index is 0.946. The zero-order valence-electron chi connectivity index (χ0n) is 31.9. The van der Waals surface area contributed by atoms with Crippen LogP contribution in [0.1, 0.15) is 60.8 Å². The van der Waals surface area contributed by atoms with Crippen LogP contribution in [0.15, 0.2) is 163 Å². The molecule has 272 valence electrons. The Morgan fingerprint density at radius 1 is 0.625 bits per heavy atom. The van der Waals surface area contributed by atoms with Gasteiger partial charge in [-0.2, -0.15) is 0 Å². The normalized spacial score (nSPS) is 25.1. The maximum absolute atomic E-state index is 2.51. The molecule has 0 atom stereocenters. The van der Waals surface area contributed by atoms with E-state index in [4.69, 9.17) is 0 Å². The molecule has 4 bridgehead atoms. The summed E-state index contributed by atoms with van der Waals surface area (Å²) in [6.07, 6.45) is 15.7. The molecule has 0 N–H and O–H groups in total. The Kier molecular flexibility index (Phi) is 7.33.